The lowest BCUT2D eigenvalue weighted by Gasteiger charge is -2.19. The lowest BCUT2D eigenvalue weighted by atomic mass is 10.1. The van der Waals surface area contributed by atoms with Gasteiger partial charge < -0.3 is 10.1 Å². The average Bonchev–Trinajstić information content (AvgIpc) is 2.35. The number of alkyl carbamates (subject to hydrolysis) is 1. The maximum Gasteiger partial charge on any atom is 0.408 e. The summed E-state index contributed by atoms with van der Waals surface area (Å²) in [5.41, 5.74) is 0.494. The lowest BCUT2D eigenvalue weighted by Crippen LogP contribution is -2.41. The Bertz CT molecular complexity index is 561. The number of carbonyl (C=O) groups is 1. The maximum absolute atomic E-state index is 12.0. The van der Waals surface area contributed by atoms with Crippen LogP contribution in [0.5, 0.6) is 0 Å². The minimum atomic E-state index is -3.63. The molecule has 112 valence electrons. The van der Waals surface area contributed by atoms with Crippen molar-refractivity contribution >= 4 is 31.9 Å². The molecule has 1 amide bonds. The summed E-state index contributed by atoms with van der Waals surface area (Å²) in [6.07, 6.45) is -0.752. The first-order valence-corrected chi connectivity index (χ1v) is 8.74. The quantitative estimate of drug-likeness (QED) is 0.834. The molecule has 1 rings (SSSR count). The van der Waals surface area contributed by atoms with Crippen molar-refractivity contribution in [2.45, 2.75) is 36.5 Å². The summed E-state index contributed by atoms with van der Waals surface area (Å²) < 4.78 is 28.7. The van der Waals surface area contributed by atoms with Gasteiger partial charge >= 0.3 is 6.09 Å². The van der Waals surface area contributed by atoms with E-state index in [-0.39, 0.29) is 4.90 Å². The Labute approximate surface area is 127 Å². The summed E-state index contributed by atoms with van der Waals surface area (Å²) in [6, 6.07) is 6.40. The van der Waals surface area contributed by atoms with Crippen LogP contribution in [-0.4, -0.2) is 26.0 Å². The standard InChI is InChI=1S/C13H18BrNO4S/c1-13(2,3)15-12(16)19-9-20(17,18)11-6-4-10(8-14)5-7-11/h4-7H,8-9H2,1-3H3,(H,15,16). The highest BCUT2D eigenvalue weighted by atomic mass is 79.9. The Morgan fingerprint density at radius 3 is 2.25 bits per heavy atom. The number of nitrogens with one attached hydrogen (secondary N) is 1. The van der Waals surface area contributed by atoms with E-state index < -0.39 is 27.4 Å². The monoisotopic (exact) mass is 363 g/mol. The summed E-state index contributed by atoms with van der Waals surface area (Å²) >= 11 is 3.28. The number of ether oxygens (including phenoxy) is 1. The first-order chi connectivity index (χ1) is 9.14. The Morgan fingerprint density at radius 1 is 1.25 bits per heavy atom. The first kappa shape index (κ1) is 17.0. The molecule has 1 N–H and O–H groups in total. The van der Waals surface area contributed by atoms with Crippen LogP contribution in [0.1, 0.15) is 26.3 Å². The molecule has 0 aliphatic heterocycles. The number of sulfone groups is 1. The van der Waals surface area contributed by atoms with Crippen LogP contribution < -0.4 is 5.32 Å². The van der Waals surface area contributed by atoms with Crippen molar-refractivity contribution in [2.24, 2.45) is 0 Å². The zero-order valence-corrected chi connectivity index (χ0v) is 14.0. The molecule has 0 atom stereocenters. The summed E-state index contributed by atoms with van der Waals surface area (Å²) in [5, 5.41) is 3.18. The number of alkyl halides is 1. The Balaban J connectivity index is 2.68. The van der Waals surface area contributed by atoms with Crippen molar-refractivity contribution in [3.05, 3.63) is 29.8 Å². The second-order valence-corrected chi connectivity index (χ2v) is 7.81. The molecular weight excluding hydrogens is 346 g/mol. The van der Waals surface area contributed by atoms with Gasteiger partial charge in [0.15, 0.2) is 5.94 Å². The third-order valence-corrected chi connectivity index (χ3v) is 4.33. The highest BCUT2D eigenvalue weighted by molar-refractivity contribution is 9.08. The second kappa shape index (κ2) is 6.58. The summed E-state index contributed by atoms with van der Waals surface area (Å²) in [7, 11) is -3.63. The molecule has 0 fully saturated rings. The molecule has 0 spiro atoms. The van der Waals surface area contributed by atoms with E-state index in [1.807, 2.05) is 0 Å². The van der Waals surface area contributed by atoms with Gasteiger partial charge in [0.2, 0.25) is 9.84 Å². The topological polar surface area (TPSA) is 72.5 Å². The molecule has 7 heteroatoms. The highest BCUT2D eigenvalue weighted by Gasteiger charge is 2.19. The van der Waals surface area contributed by atoms with E-state index in [9.17, 15) is 13.2 Å². The van der Waals surface area contributed by atoms with Crippen molar-refractivity contribution in [2.75, 3.05) is 5.94 Å². The zero-order chi connectivity index (χ0) is 15.4. The van der Waals surface area contributed by atoms with Gasteiger partial charge in [0.1, 0.15) is 0 Å². The SMILES string of the molecule is CC(C)(C)NC(=O)OCS(=O)(=O)c1ccc(CBr)cc1. The van der Waals surface area contributed by atoms with E-state index in [0.29, 0.717) is 5.33 Å². The predicted molar refractivity (Wildman–Crippen MR) is 80.5 cm³/mol. The molecule has 0 aromatic heterocycles. The number of hydrogen-bond donors (Lipinski definition) is 1. The molecule has 0 aliphatic carbocycles. The zero-order valence-electron chi connectivity index (χ0n) is 11.6. The van der Waals surface area contributed by atoms with Gasteiger partial charge in [0.25, 0.3) is 0 Å². The summed E-state index contributed by atoms with van der Waals surface area (Å²) in [5.74, 6) is -0.678. The van der Waals surface area contributed by atoms with Crippen LogP contribution in [0.25, 0.3) is 0 Å². The van der Waals surface area contributed by atoms with E-state index in [0.717, 1.165) is 5.56 Å². The fraction of sp³-hybridized carbons (Fsp3) is 0.462. The number of carbonyl (C=O) groups excluding carboxylic acids is 1. The van der Waals surface area contributed by atoms with E-state index >= 15 is 0 Å². The molecule has 20 heavy (non-hydrogen) atoms. The molecule has 0 aliphatic rings. The van der Waals surface area contributed by atoms with Crippen molar-refractivity contribution in [3.8, 4) is 0 Å². The number of halogens is 1. The fourth-order valence-corrected chi connectivity index (χ4v) is 2.65. The van der Waals surface area contributed by atoms with Gasteiger partial charge in [0.05, 0.1) is 4.90 Å². The van der Waals surface area contributed by atoms with Crippen LogP contribution in [-0.2, 0) is 19.9 Å². The second-order valence-electron chi connectivity index (χ2n) is 5.32. The van der Waals surface area contributed by atoms with E-state index in [4.69, 9.17) is 4.74 Å². The summed E-state index contributed by atoms with van der Waals surface area (Å²) in [4.78, 5) is 11.6. The summed E-state index contributed by atoms with van der Waals surface area (Å²) in [6.45, 7) is 5.34. The van der Waals surface area contributed by atoms with E-state index in [1.54, 1.807) is 32.9 Å². The average molecular weight is 364 g/mol. The Hall–Kier alpha value is -1.08. The molecule has 0 unspecified atom stereocenters. The van der Waals surface area contributed by atoms with Gasteiger partial charge in [-0.1, -0.05) is 28.1 Å². The molecule has 0 heterocycles. The molecular formula is C13H18BrNO4S. The smallest absolute Gasteiger partial charge is 0.408 e. The molecule has 0 saturated heterocycles. The predicted octanol–water partition coefficient (Wildman–Crippen LogP) is 2.84. The van der Waals surface area contributed by atoms with E-state index in [2.05, 4.69) is 21.2 Å². The number of hydrogen-bond acceptors (Lipinski definition) is 4. The molecule has 5 nitrogen and oxygen atoms in total. The third-order valence-electron chi connectivity index (χ3n) is 2.26. The van der Waals surface area contributed by atoms with Crippen LogP contribution in [0.15, 0.2) is 29.2 Å². The Kier molecular flexibility index (Phi) is 5.59. The van der Waals surface area contributed by atoms with Crippen molar-refractivity contribution < 1.29 is 17.9 Å². The largest absolute Gasteiger partial charge is 0.433 e. The minimum absolute atomic E-state index is 0.130. The Morgan fingerprint density at radius 2 is 1.80 bits per heavy atom. The molecule has 0 radical (unpaired) electrons. The third kappa shape index (κ3) is 5.50. The van der Waals surface area contributed by atoms with Crippen LogP contribution in [0.3, 0.4) is 0 Å². The number of rotatable bonds is 4. The van der Waals surface area contributed by atoms with Gasteiger partial charge in [0, 0.05) is 10.9 Å². The van der Waals surface area contributed by atoms with Crippen molar-refractivity contribution in [1.82, 2.24) is 5.32 Å². The molecule has 0 saturated carbocycles. The van der Waals surface area contributed by atoms with Gasteiger partial charge in [-0.3, -0.25) is 0 Å². The highest BCUT2D eigenvalue weighted by Crippen LogP contribution is 2.14. The minimum Gasteiger partial charge on any atom is -0.433 e. The van der Waals surface area contributed by atoms with Gasteiger partial charge in [-0.05, 0) is 38.5 Å². The fourth-order valence-electron chi connectivity index (χ4n) is 1.33. The normalized spacial score (nSPS) is 12.0. The molecule has 1 aromatic rings. The van der Waals surface area contributed by atoms with Gasteiger partial charge in [-0.15, -0.1) is 0 Å². The molecule has 0 bridgehead atoms. The number of amides is 1. The molecule has 1 aromatic carbocycles. The van der Waals surface area contributed by atoms with Crippen LogP contribution in [0, 0.1) is 0 Å². The lowest BCUT2D eigenvalue weighted by molar-refractivity contribution is 0.154. The van der Waals surface area contributed by atoms with Crippen LogP contribution in [0.4, 0.5) is 4.79 Å². The van der Waals surface area contributed by atoms with Crippen molar-refractivity contribution in [3.63, 3.8) is 0 Å². The number of benzene rings is 1. The maximum atomic E-state index is 12.0. The van der Waals surface area contributed by atoms with E-state index in [1.165, 1.54) is 12.1 Å². The first-order valence-electron chi connectivity index (χ1n) is 5.97. The van der Waals surface area contributed by atoms with Crippen LogP contribution in [0.2, 0.25) is 0 Å². The van der Waals surface area contributed by atoms with Gasteiger partial charge in [-0.25, -0.2) is 13.2 Å². The van der Waals surface area contributed by atoms with Gasteiger partial charge in [-0.2, -0.15) is 0 Å². The van der Waals surface area contributed by atoms with Crippen molar-refractivity contribution in [1.29, 1.82) is 0 Å². The van der Waals surface area contributed by atoms with Crippen LogP contribution >= 0.6 is 15.9 Å².